The minimum absolute atomic E-state index is 0.0695. The maximum absolute atomic E-state index is 12.9. The fraction of sp³-hybridized carbons (Fsp3) is 0.450. The van der Waals surface area contributed by atoms with Crippen LogP contribution in [0.25, 0.3) is 0 Å². The van der Waals surface area contributed by atoms with Gasteiger partial charge in [0.25, 0.3) is 5.91 Å². The number of nitrogens with one attached hydrogen (secondary N) is 1. The summed E-state index contributed by atoms with van der Waals surface area (Å²) in [6.45, 7) is 5.82. The van der Waals surface area contributed by atoms with E-state index < -0.39 is 0 Å². The monoisotopic (exact) mass is 360 g/mol. The average molecular weight is 360 g/mol. The second-order valence-corrected chi connectivity index (χ2v) is 6.55. The lowest BCUT2D eigenvalue weighted by atomic mass is 9.96. The molecule has 0 spiro atoms. The highest BCUT2D eigenvalue weighted by Gasteiger charge is 2.25. The average Bonchev–Trinajstić information content (AvgIpc) is 3.15. The van der Waals surface area contributed by atoms with Crippen molar-refractivity contribution in [2.45, 2.75) is 26.4 Å². The normalized spacial score (nSPS) is 15.2. The molecule has 1 amide bonds. The van der Waals surface area contributed by atoms with Crippen LogP contribution in [0.4, 0.5) is 4.39 Å². The molecule has 3 rings (SSSR count). The molecule has 140 valence electrons. The first kappa shape index (κ1) is 18.5. The minimum Gasteiger partial charge on any atom is -0.486 e. The molecule has 1 aromatic carbocycles. The van der Waals surface area contributed by atoms with E-state index >= 15 is 0 Å². The molecule has 1 aromatic heterocycles. The Morgan fingerprint density at radius 2 is 1.96 bits per heavy atom. The molecule has 0 radical (unpaired) electrons. The van der Waals surface area contributed by atoms with Crippen molar-refractivity contribution in [3.8, 4) is 5.75 Å². The Morgan fingerprint density at radius 1 is 1.23 bits per heavy atom. The number of piperidine rings is 1. The number of carbonyl (C=O) groups excluding carboxylic acids is 1. The fourth-order valence-corrected chi connectivity index (χ4v) is 3.10. The summed E-state index contributed by atoms with van der Waals surface area (Å²) in [5.41, 5.74) is 0. The predicted octanol–water partition coefficient (Wildman–Crippen LogP) is 3.46. The van der Waals surface area contributed by atoms with Crippen molar-refractivity contribution in [2.75, 3.05) is 26.2 Å². The zero-order valence-corrected chi connectivity index (χ0v) is 15.0. The number of halogens is 1. The zero-order valence-electron chi connectivity index (χ0n) is 15.0. The van der Waals surface area contributed by atoms with Gasteiger partial charge in [-0.05, 0) is 68.2 Å². The lowest BCUT2D eigenvalue weighted by Gasteiger charge is -2.31. The quantitative estimate of drug-likeness (QED) is 0.822. The van der Waals surface area contributed by atoms with Crippen LogP contribution in [-0.2, 0) is 6.61 Å². The van der Waals surface area contributed by atoms with E-state index in [-0.39, 0.29) is 18.3 Å². The number of carbonyl (C=O) groups is 1. The van der Waals surface area contributed by atoms with Crippen molar-refractivity contribution < 1.29 is 18.3 Å². The molecule has 0 bridgehead atoms. The summed E-state index contributed by atoms with van der Waals surface area (Å²) < 4.78 is 24.1. The molecule has 2 aromatic rings. The molecule has 0 saturated carbocycles. The van der Waals surface area contributed by atoms with Crippen LogP contribution < -0.4 is 10.1 Å². The fourth-order valence-electron chi connectivity index (χ4n) is 3.10. The van der Waals surface area contributed by atoms with Gasteiger partial charge in [0, 0.05) is 13.1 Å². The van der Waals surface area contributed by atoms with Gasteiger partial charge in [-0.3, -0.25) is 4.79 Å². The van der Waals surface area contributed by atoms with Crippen LogP contribution in [0.5, 0.6) is 5.75 Å². The van der Waals surface area contributed by atoms with Gasteiger partial charge < -0.3 is 19.4 Å². The Hall–Kier alpha value is -2.34. The highest BCUT2D eigenvalue weighted by atomic mass is 19.1. The molecule has 0 unspecified atom stereocenters. The first-order valence-electron chi connectivity index (χ1n) is 9.12. The molecule has 1 N–H and O–H groups in total. The van der Waals surface area contributed by atoms with E-state index in [9.17, 15) is 9.18 Å². The van der Waals surface area contributed by atoms with E-state index in [0.29, 0.717) is 23.2 Å². The Bertz CT molecular complexity index is 706. The van der Waals surface area contributed by atoms with E-state index in [1.165, 1.54) is 12.1 Å². The van der Waals surface area contributed by atoms with E-state index in [0.717, 1.165) is 39.0 Å². The third-order valence-corrected chi connectivity index (χ3v) is 4.65. The molecule has 2 heterocycles. The maximum atomic E-state index is 12.9. The molecule has 6 heteroatoms. The summed E-state index contributed by atoms with van der Waals surface area (Å²) in [7, 11) is 0. The van der Waals surface area contributed by atoms with Crippen molar-refractivity contribution in [2.24, 2.45) is 5.92 Å². The standard InChI is InChI=1S/C20H25FN2O3/c1-2-22-13-15-9-11-23(12-10-15)20(24)19-8-7-18(26-19)14-25-17-5-3-16(21)4-6-17/h3-8,15,22H,2,9-14H2,1H3. The van der Waals surface area contributed by atoms with Crippen LogP contribution in [0.1, 0.15) is 36.1 Å². The van der Waals surface area contributed by atoms with Gasteiger partial charge in [0.15, 0.2) is 5.76 Å². The van der Waals surface area contributed by atoms with E-state index in [4.69, 9.17) is 9.15 Å². The number of amides is 1. The van der Waals surface area contributed by atoms with Gasteiger partial charge in [-0.25, -0.2) is 4.39 Å². The molecule has 26 heavy (non-hydrogen) atoms. The number of nitrogens with zero attached hydrogens (tertiary/aromatic N) is 1. The summed E-state index contributed by atoms with van der Waals surface area (Å²) in [6, 6.07) is 9.23. The van der Waals surface area contributed by atoms with Crippen molar-refractivity contribution in [3.05, 3.63) is 53.7 Å². The molecular weight excluding hydrogens is 335 g/mol. The second kappa shape index (κ2) is 8.85. The number of rotatable bonds is 7. The zero-order chi connectivity index (χ0) is 18.4. The molecule has 1 aliphatic rings. The molecule has 1 saturated heterocycles. The Morgan fingerprint density at radius 3 is 2.65 bits per heavy atom. The molecule has 0 atom stereocenters. The highest BCUT2D eigenvalue weighted by Crippen LogP contribution is 2.20. The smallest absolute Gasteiger partial charge is 0.289 e. The summed E-state index contributed by atoms with van der Waals surface area (Å²) in [5, 5.41) is 3.37. The third kappa shape index (κ3) is 4.85. The van der Waals surface area contributed by atoms with Crippen LogP contribution in [-0.4, -0.2) is 37.0 Å². The van der Waals surface area contributed by atoms with Gasteiger partial charge in [0.2, 0.25) is 0 Å². The largest absolute Gasteiger partial charge is 0.486 e. The number of benzene rings is 1. The first-order valence-corrected chi connectivity index (χ1v) is 9.12. The van der Waals surface area contributed by atoms with Gasteiger partial charge in [0.05, 0.1) is 0 Å². The van der Waals surface area contributed by atoms with Crippen molar-refractivity contribution in [3.63, 3.8) is 0 Å². The summed E-state index contributed by atoms with van der Waals surface area (Å²) in [4.78, 5) is 14.4. The molecule has 1 fully saturated rings. The number of ether oxygens (including phenoxy) is 1. The molecule has 1 aliphatic heterocycles. The summed E-state index contributed by atoms with van der Waals surface area (Å²) in [5.74, 6) is 1.72. The molecular formula is C20H25FN2O3. The predicted molar refractivity (Wildman–Crippen MR) is 96.6 cm³/mol. The first-order chi connectivity index (χ1) is 12.7. The minimum atomic E-state index is -0.308. The second-order valence-electron chi connectivity index (χ2n) is 6.55. The Balaban J connectivity index is 1.49. The van der Waals surface area contributed by atoms with Gasteiger partial charge in [-0.1, -0.05) is 6.92 Å². The molecule has 5 nitrogen and oxygen atoms in total. The van der Waals surface area contributed by atoms with E-state index in [1.807, 2.05) is 4.90 Å². The molecule has 0 aliphatic carbocycles. The van der Waals surface area contributed by atoms with Crippen LogP contribution in [0, 0.1) is 11.7 Å². The van der Waals surface area contributed by atoms with E-state index in [1.54, 1.807) is 24.3 Å². The number of likely N-dealkylation sites (tertiary alicyclic amines) is 1. The van der Waals surface area contributed by atoms with Gasteiger partial charge >= 0.3 is 0 Å². The lowest BCUT2D eigenvalue weighted by Crippen LogP contribution is -2.40. The van der Waals surface area contributed by atoms with Gasteiger partial charge in [0.1, 0.15) is 23.9 Å². The summed E-state index contributed by atoms with van der Waals surface area (Å²) >= 11 is 0. The third-order valence-electron chi connectivity index (χ3n) is 4.65. The van der Waals surface area contributed by atoms with Crippen molar-refractivity contribution >= 4 is 5.91 Å². The SMILES string of the molecule is CCNCC1CCN(C(=O)c2ccc(COc3ccc(F)cc3)o2)CC1. The topological polar surface area (TPSA) is 54.7 Å². The lowest BCUT2D eigenvalue weighted by molar-refractivity contribution is 0.0654. The highest BCUT2D eigenvalue weighted by molar-refractivity contribution is 5.91. The number of hydrogen-bond acceptors (Lipinski definition) is 4. The number of hydrogen-bond donors (Lipinski definition) is 1. The maximum Gasteiger partial charge on any atom is 0.289 e. The Kier molecular flexibility index (Phi) is 6.28. The number of furan rings is 1. The van der Waals surface area contributed by atoms with Crippen LogP contribution >= 0.6 is 0 Å². The van der Waals surface area contributed by atoms with E-state index in [2.05, 4.69) is 12.2 Å². The van der Waals surface area contributed by atoms with Gasteiger partial charge in [-0.2, -0.15) is 0 Å². The Labute approximate surface area is 153 Å². The summed E-state index contributed by atoms with van der Waals surface area (Å²) in [6.07, 6.45) is 2.03. The van der Waals surface area contributed by atoms with Crippen LogP contribution in [0.3, 0.4) is 0 Å². The van der Waals surface area contributed by atoms with Crippen LogP contribution in [0.15, 0.2) is 40.8 Å². The van der Waals surface area contributed by atoms with Crippen molar-refractivity contribution in [1.82, 2.24) is 10.2 Å². The van der Waals surface area contributed by atoms with Crippen molar-refractivity contribution in [1.29, 1.82) is 0 Å². The van der Waals surface area contributed by atoms with Gasteiger partial charge in [-0.15, -0.1) is 0 Å². The van der Waals surface area contributed by atoms with Crippen LogP contribution in [0.2, 0.25) is 0 Å².